The molecule has 3 rings (SSSR count). The Bertz CT molecular complexity index is 806. The lowest BCUT2D eigenvalue weighted by Gasteiger charge is -2.32. The molecule has 0 amide bonds. The predicted molar refractivity (Wildman–Crippen MR) is 92.1 cm³/mol. The van der Waals surface area contributed by atoms with Gasteiger partial charge in [-0.05, 0) is 23.8 Å². The summed E-state index contributed by atoms with van der Waals surface area (Å²) in [4.78, 5) is 1.14. The zero-order valence-electron chi connectivity index (χ0n) is 13.8. The number of piperazine rings is 1. The van der Waals surface area contributed by atoms with Gasteiger partial charge in [0.1, 0.15) is 18.5 Å². The lowest BCUT2D eigenvalue weighted by atomic mass is 10.1. The van der Waals surface area contributed by atoms with E-state index < -0.39 is 21.9 Å². The van der Waals surface area contributed by atoms with Crippen LogP contribution in [0.2, 0.25) is 0 Å². The summed E-state index contributed by atoms with van der Waals surface area (Å²) in [6.07, 6.45) is -0.567. The average Bonchev–Trinajstić information content (AvgIpc) is 2.63. The molecule has 0 radical (unpaired) electrons. The summed E-state index contributed by atoms with van der Waals surface area (Å²) in [6, 6.07) is 14.5. The molecule has 0 unspecified atom stereocenters. The first kappa shape index (κ1) is 18.0. The molecule has 1 atom stereocenters. The molecule has 5 nitrogen and oxygen atoms in total. The van der Waals surface area contributed by atoms with E-state index in [1.54, 1.807) is 0 Å². The Kier molecular flexibility index (Phi) is 5.48. The molecule has 1 heterocycles. The zero-order chi connectivity index (χ0) is 17.9. The van der Waals surface area contributed by atoms with Crippen LogP contribution in [0.3, 0.4) is 0 Å². The summed E-state index contributed by atoms with van der Waals surface area (Å²) < 4.78 is 39.9. The second-order valence-electron chi connectivity index (χ2n) is 6.24. The molecule has 1 saturated heterocycles. The maximum Gasteiger partial charge on any atom is 0.243 e. The van der Waals surface area contributed by atoms with Gasteiger partial charge in [-0.2, -0.15) is 4.31 Å². The lowest BCUT2D eigenvalue weighted by molar-refractivity contribution is -0.907. The van der Waals surface area contributed by atoms with E-state index in [-0.39, 0.29) is 4.90 Å². The summed E-state index contributed by atoms with van der Waals surface area (Å²) in [7, 11) is -3.67. The SMILES string of the molecule is O=S(=O)(c1cccc(F)c1)N1CC[NH+](C[C@H](O)c2ccccc2)CC1. The van der Waals surface area contributed by atoms with Crippen LogP contribution in [0, 0.1) is 5.82 Å². The number of benzene rings is 2. The lowest BCUT2D eigenvalue weighted by Crippen LogP contribution is -3.15. The van der Waals surface area contributed by atoms with Gasteiger partial charge in [-0.3, -0.25) is 0 Å². The summed E-state index contributed by atoms with van der Waals surface area (Å²) >= 11 is 0. The first-order valence-electron chi connectivity index (χ1n) is 8.29. The van der Waals surface area contributed by atoms with Gasteiger partial charge in [0.05, 0.1) is 31.1 Å². The van der Waals surface area contributed by atoms with E-state index in [1.807, 2.05) is 30.3 Å². The van der Waals surface area contributed by atoms with E-state index in [0.29, 0.717) is 32.7 Å². The fourth-order valence-electron chi connectivity index (χ4n) is 3.09. The fraction of sp³-hybridized carbons (Fsp3) is 0.333. The Morgan fingerprint density at radius 3 is 2.40 bits per heavy atom. The largest absolute Gasteiger partial charge is 0.382 e. The number of nitrogens with one attached hydrogen (secondary N) is 1. The molecule has 0 saturated carbocycles. The van der Waals surface area contributed by atoms with Crippen molar-refractivity contribution in [2.24, 2.45) is 0 Å². The van der Waals surface area contributed by atoms with Crippen LogP contribution in [-0.2, 0) is 10.0 Å². The highest BCUT2D eigenvalue weighted by Gasteiger charge is 2.31. The van der Waals surface area contributed by atoms with Crippen molar-refractivity contribution >= 4 is 10.0 Å². The van der Waals surface area contributed by atoms with Gasteiger partial charge < -0.3 is 10.0 Å². The smallest absolute Gasteiger partial charge is 0.243 e. The Morgan fingerprint density at radius 2 is 1.76 bits per heavy atom. The summed E-state index contributed by atoms with van der Waals surface area (Å²) in [6.45, 7) is 2.47. The molecule has 1 fully saturated rings. The van der Waals surface area contributed by atoms with E-state index in [2.05, 4.69) is 0 Å². The van der Waals surface area contributed by atoms with Crippen molar-refractivity contribution in [3.63, 3.8) is 0 Å². The van der Waals surface area contributed by atoms with Crippen LogP contribution in [-0.4, -0.2) is 50.6 Å². The van der Waals surface area contributed by atoms with Crippen LogP contribution in [0.4, 0.5) is 4.39 Å². The third-order valence-electron chi connectivity index (χ3n) is 4.53. The predicted octanol–water partition coefficient (Wildman–Crippen LogP) is 0.449. The van der Waals surface area contributed by atoms with Crippen LogP contribution in [0.25, 0.3) is 0 Å². The van der Waals surface area contributed by atoms with Gasteiger partial charge in [0.25, 0.3) is 0 Å². The van der Waals surface area contributed by atoms with E-state index in [9.17, 15) is 17.9 Å². The highest BCUT2D eigenvalue weighted by Crippen LogP contribution is 2.16. The minimum absolute atomic E-state index is 0.0136. The monoisotopic (exact) mass is 365 g/mol. The van der Waals surface area contributed by atoms with Crippen molar-refractivity contribution in [2.45, 2.75) is 11.0 Å². The van der Waals surface area contributed by atoms with Gasteiger partial charge in [-0.25, -0.2) is 12.8 Å². The maximum absolute atomic E-state index is 13.3. The normalized spacial score (nSPS) is 18.2. The Hall–Kier alpha value is -1.80. The number of hydrogen-bond acceptors (Lipinski definition) is 3. The number of aliphatic hydroxyl groups is 1. The summed E-state index contributed by atoms with van der Waals surface area (Å²) in [5, 5.41) is 10.3. The molecule has 134 valence electrons. The first-order chi connectivity index (χ1) is 12.0. The molecule has 25 heavy (non-hydrogen) atoms. The van der Waals surface area contributed by atoms with Gasteiger partial charge in [-0.1, -0.05) is 36.4 Å². The first-order valence-corrected chi connectivity index (χ1v) is 9.73. The summed E-state index contributed by atoms with van der Waals surface area (Å²) in [5.74, 6) is -0.559. The van der Waals surface area contributed by atoms with Crippen LogP contribution < -0.4 is 4.90 Å². The molecule has 1 aliphatic heterocycles. The number of rotatable bonds is 5. The number of nitrogens with zero attached hydrogens (tertiary/aromatic N) is 1. The molecule has 0 spiro atoms. The molecular weight excluding hydrogens is 343 g/mol. The van der Waals surface area contributed by atoms with Crippen molar-refractivity contribution < 1.29 is 22.8 Å². The Balaban J connectivity index is 1.60. The van der Waals surface area contributed by atoms with E-state index in [1.165, 1.54) is 22.5 Å². The van der Waals surface area contributed by atoms with Crippen LogP contribution in [0.5, 0.6) is 0 Å². The molecule has 2 N–H and O–H groups in total. The molecule has 0 bridgehead atoms. The standard InChI is InChI=1S/C18H21FN2O3S/c19-16-7-4-8-17(13-16)25(23,24)21-11-9-20(10-12-21)14-18(22)15-5-2-1-3-6-15/h1-8,13,18,22H,9-12,14H2/p+1/t18-/m0/s1. The number of hydrogen-bond donors (Lipinski definition) is 2. The molecule has 7 heteroatoms. The maximum atomic E-state index is 13.3. The quantitative estimate of drug-likeness (QED) is 0.809. The topological polar surface area (TPSA) is 62.0 Å². The van der Waals surface area contributed by atoms with Crippen LogP contribution >= 0.6 is 0 Å². The van der Waals surface area contributed by atoms with Crippen molar-refractivity contribution in [1.29, 1.82) is 0 Å². The zero-order valence-corrected chi connectivity index (χ0v) is 14.6. The highest BCUT2D eigenvalue weighted by atomic mass is 32.2. The summed E-state index contributed by atoms with van der Waals surface area (Å²) in [5.41, 5.74) is 0.866. The Morgan fingerprint density at radius 1 is 1.08 bits per heavy atom. The second kappa shape index (κ2) is 7.61. The molecule has 2 aromatic carbocycles. The van der Waals surface area contributed by atoms with E-state index in [0.717, 1.165) is 16.5 Å². The third kappa shape index (κ3) is 4.24. The highest BCUT2D eigenvalue weighted by molar-refractivity contribution is 7.89. The van der Waals surface area contributed by atoms with Crippen LogP contribution in [0.15, 0.2) is 59.5 Å². The van der Waals surface area contributed by atoms with Crippen molar-refractivity contribution in [1.82, 2.24) is 4.31 Å². The Labute approximate surface area is 147 Å². The van der Waals surface area contributed by atoms with E-state index >= 15 is 0 Å². The third-order valence-corrected chi connectivity index (χ3v) is 6.42. The molecule has 1 aliphatic rings. The van der Waals surface area contributed by atoms with Gasteiger partial charge in [0, 0.05) is 0 Å². The number of aliphatic hydroxyl groups excluding tert-OH is 1. The molecule has 0 aromatic heterocycles. The number of halogens is 1. The second-order valence-corrected chi connectivity index (χ2v) is 8.18. The number of sulfonamides is 1. The fourth-order valence-corrected chi connectivity index (χ4v) is 4.56. The minimum Gasteiger partial charge on any atom is -0.382 e. The minimum atomic E-state index is -3.67. The van der Waals surface area contributed by atoms with Crippen molar-refractivity contribution in [3.8, 4) is 0 Å². The van der Waals surface area contributed by atoms with Crippen LogP contribution in [0.1, 0.15) is 11.7 Å². The van der Waals surface area contributed by atoms with Gasteiger partial charge in [0.2, 0.25) is 10.0 Å². The van der Waals surface area contributed by atoms with E-state index in [4.69, 9.17) is 0 Å². The van der Waals surface area contributed by atoms with Crippen molar-refractivity contribution in [3.05, 3.63) is 66.0 Å². The molecule has 2 aromatic rings. The molecular formula is C18H22FN2O3S+. The van der Waals surface area contributed by atoms with Gasteiger partial charge >= 0.3 is 0 Å². The van der Waals surface area contributed by atoms with Gasteiger partial charge in [-0.15, -0.1) is 0 Å². The average molecular weight is 365 g/mol. The van der Waals surface area contributed by atoms with Crippen molar-refractivity contribution in [2.75, 3.05) is 32.7 Å². The molecule has 0 aliphatic carbocycles. The van der Waals surface area contributed by atoms with Gasteiger partial charge in [0.15, 0.2) is 0 Å². The number of quaternary nitrogens is 1.